The van der Waals surface area contributed by atoms with Crippen LogP contribution in [-0.2, 0) is 4.79 Å². The molecule has 8 heteroatoms. The fraction of sp³-hybridized carbons (Fsp3) is 0.217. The first kappa shape index (κ1) is 20.3. The number of amides is 1. The number of pyridine rings is 1. The molecule has 0 atom stereocenters. The largest absolute Gasteiger partial charge is 0.507 e. The van der Waals surface area contributed by atoms with Gasteiger partial charge in [0.15, 0.2) is 11.5 Å². The van der Waals surface area contributed by atoms with Crippen molar-refractivity contribution in [2.24, 2.45) is 0 Å². The van der Waals surface area contributed by atoms with Gasteiger partial charge in [-0.2, -0.15) is 0 Å². The topological polar surface area (TPSA) is 102 Å². The Morgan fingerprint density at radius 1 is 1.13 bits per heavy atom. The first-order chi connectivity index (χ1) is 15.0. The Morgan fingerprint density at radius 2 is 2.00 bits per heavy atom. The maximum atomic E-state index is 11.1. The number of carbonyl (C=O) groups excluding carboxylic acids is 1. The number of aromatic nitrogens is 1. The van der Waals surface area contributed by atoms with Crippen LogP contribution in [0.2, 0.25) is 0 Å². The summed E-state index contributed by atoms with van der Waals surface area (Å²) in [5.41, 5.74) is 2.86. The van der Waals surface area contributed by atoms with Crippen LogP contribution in [0.1, 0.15) is 6.92 Å². The summed E-state index contributed by atoms with van der Waals surface area (Å²) in [4.78, 5) is 15.8. The van der Waals surface area contributed by atoms with Crippen LogP contribution >= 0.6 is 0 Å². The van der Waals surface area contributed by atoms with Crippen LogP contribution in [0, 0.1) is 0 Å². The highest BCUT2D eigenvalue weighted by Gasteiger charge is 2.20. The van der Waals surface area contributed by atoms with Crippen molar-refractivity contribution in [1.82, 2.24) is 10.3 Å². The lowest BCUT2D eigenvalue weighted by Crippen LogP contribution is -2.26. The summed E-state index contributed by atoms with van der Waals surface area (Å²) in [5.74, 6) is 2.48. The molecule has 0 saturated heterocycles. The van der Waals surface area contributed by atoms with Crippen molar-refractivity contribution in [1.29, 1.82) is 0 Å². The van der Waals surface area contributed by atoms with Crippen LogP contribution < -0.4 is 24.8 Å². The SMILES string of the molecule is COc1ccc(-c2cc(-c3cccc4c3OCO4)cc(NCCNC(C)=O)n2)c(O)c1. The van der Waals surface area contributed by atoms with Gasteiger partial charge in [-0.1, -0.05) is 12.1 Å². The minimum Gasteiger partial charge on any atom is -0.507 e. The number of carbonyl (C=O) groups is 1. The second-order valence-corrected chi connectivity index (χ2v) is 6.96. The van der Waals surface area contributed by atoms with Gasteiger partial charge in [-0.25, -0.2) is 4.98 Å². The smallest absolute Gasteiger partial charge is 0.231 e. The van der Waals surface area contributed by atoms with Crippen molar-refractivity contribution in [3.63, 3.8) is 0 Å². The number of methoxy groups -OCH3 is 1. The third-order valence-electron chi connectivity index (χ3n) is 4.82. The van der Waals surface area contributed by atoms with Gasteiger partial charge in [-0.3, -0.25) is 4.79 Å². The number of phenolic OH excluding ortho intramolecular Hbond substituents is 1. The zero-order chi connectivity index (χ0) is 21.8. The van der Waals surface area contributed by atoms with E-state index < -0.39 is 0 Å². The lowest BCUT2D eigenvalue weighted by Gasteiger charge is -2.14. The molecule has 1 amide bonds. The maximum absolute atomic E-state index is 11.1. The van der Waals surface area contributed by atoms with E-state index >= 15 is 0 Å². The molecule has 3 aromatic rings. The van der Waals surface area contributed by atoms with Gasteiger partial charge in [-0.05, 0) is 35.9 Å². The van der Waals surface area contributed by atoms with Crippen molar-refractivity contribution in [2.45, 2.75) is 6.92 Å². The van der Waals surface area contributed by atoms with Crippen molar-refractivity contribution in [2.75, 3.05) is 32.3 Å². The van der Waals surface area contributed by atoms with Gasteiger partial charge in [0.05, 0.1) is 12.8 Å². The van der Waals surface area contributed by atoms with E-state index in [1.807, 2.05) is 30.3 Å². The van der Waals surface area contributed by atoms with E-state index in [2.05, 4.69) is 15.6 Å². The third kappa shape index (κ3) is 4.48. The van der Waals surface area contributed by atoms with Crippen molar-refractivity contribution in [3.8, 4) is 45.4 Å². The van der Waals surface area contributed by atoms with Crippen LogP contribution in [-0.4, -0.2) is 43.0 Å². The maximum Gasteiger partial charge on any atom is 0.231 e. The molecule has 0 fully saturated rings. The lowest BCUT2D eigenvalue weighted by atomic mass is 10.0. The molecule has 0 saturated carbocycles. The van der Waals surface area contributed by atoms with Crippen LogP contribution in [0.4, 0.5) is 5.82 Å². The molecule has 3 N–H and O–H groups in total. The molecular formula is C23H23N3O5. The van der Waals surface area contributed by atoms with Crippen molar-refractivity contribution in [3.05, 3.63) is 48.5 Å². The van der Waals surface area contributed by atoms with Crippen LogP contribution in [0.25, 0.3) is 22.4 Å². The number of nitrogens with zero attached hydrogens (tertiary/aromatic N) is 1. The number of fused-ring (bicyclic) bond motifs is 1. The number of para-hydroxylation sites is 1. The van der Waals surface area contributed by atoms with Gasteiger partial charge in [0.25, 0.3) is 0 Å². The molecule has 1 aromatic heterocycles. The molecule has 31 heavy (non-hydrogen) atoms. The average molecular weight is 421 g/mol. The quantitative estimate of drug-likeness (QED) is 0.503. The average Bonchev–Trinajstić information content (AvgIpc) is 3.25. The fourth-order valence-electron chi connectivity index (χ4n) is 3.36. The zero-order valence-electron chi connectivity index (χ0n) is 17.3. The van der Waals surface area contributed by atoms with Gasteiger partial charge >= 0.3 is 0 Å². The predicted molar refractivity (Wildman–Crippen MR) is 117 cm³/mol. The Labute approximate surface area is 179 Å². The molecule has 0 aliphatic carbocycles. The summed E-state index contributed by atoms with van der Waals surface area (Å²) in [6.07, 6.45) is 0. The Kier molecular flexibility index (Phi) is 5.79. The van der Waals surface area contributed by atoms with Gasteiger partial charge in [0.2, 0.25) is 12.7 Å². The van der Waals surface area contributed by atoms with E-state index in [0.29, 0.717) is 47.4 Å². The highest BCUT2D eigenvalue weighted by molar-refractivity contribution is 5.81. The molecule has 0 radical (unpaired) electrons. The molecule has 8 nitrogen and oxygen atoms in total. The Bertz CT molecular complexity index is 1120. The van der Waals surface area contributed by atoms with Crippen molar-refractivity contribution < 1.29 is 24.1 Å². The molecule has 4 rings (SSSR count). The van der Waals surface area contributed by atoms with E-state index in [1.165, 1.54) is 6.92 Å². The number of ether oxygens (including phenoxy) is 3. The van der Waals surface area contributed by atoms with Gasteiger partial charge in [0, 0.05) is 37.2 Å². The summed E-state index contributed by atoms with van der Waals surface area (Å²) < 4.78 is 16.4. The van der Waals surface area contributed by atoms with Gasteiger partial charge < -0.3 is 30.0 Å². The van der Waals surface area contributed by atoms with E-state index in [4.69, 9.17) is 14.2 Å². The zero-order valence-corrected chi connectivity index (χ0v) is 17.3. The number of aromatic hydroxyl groups is 1. The fourth-order valence-corrected chi connectivity index (χ4v) is 3.36. The number of phenols is 1. The minimum atomic E-state index is -0.0932. The van der Waals surface area contributed by atoms with Gasteiger partial charge in [-0.15, -0.1) is 0 Å². The summed E-state index contributed by atoms with van der Waals surface area (Å²) >= 11 is 0. The van der Waals surface area contributed by atoms with E-state index in [9.17, 15) is 9.90 Å². The molecule has 0 spiro atoms. The summed E-state index contributed by atoms with van der Waals surface area (Å²) in [5, 5.41) is 16.5. The second-order valence-electron chi connectivity index (χ2n) is 6.96. The first-order valence-electron chi connectivity index (χ1n) is 9.82. The molecule has 1 aliphatic heterocycles. The highest BCUT2D eigenvalue weighted by atomic mass is 16.7. The number of rotatable bonds is 7. The Balaban J connectivity index is 1.74. The van der Waals surface area contributed by atoms with E-state index in [1.54, 1.807) is 25.3 Å². The highest BCUT2D eigenvalue weighted by Crippen LogP contribution is 2.43. The molecule has 0 bridgehead atoms. The number of nitrogens with one attached hydrogen (secondary N) is 2. The monoisotopic (exact) mass is 421 g/mol. The molecule has 160 valence electrons. The molecular weight excluding hydrogens is 398 g/mol. The summed E-state index contributed by atoms with van der Waals surface area (Å²) in [6.45, 7) is 2.60. The van der Waals surface area contributed by atoms with Crippen LogP contribution in [0.15, 0.2) is 48.5 Å². The Hall–Kier alpha value is -3.94. The van der Waals surface area contributed by atoms with Crippen LogP contribution in [0.5, 0.6) is 23.0 Å². The summed E-state index contributed by atoms with van der Waals surface area (Å²) in [7, 11) is 1.54. The standard InChI is InChI=1S/C23H23N3O5/c1-14(27)24-8-9-25-22-11-15(17-4-3-5-21-23(17)31-13-30-21)10-19(26-22)18-7-6-16(29-2)12-20(18)28/h3-7,10-12,28H,8-9,13H2,1-2H3,(H,24,27)(H,25,26). The van der Waals surface area contributed by atoms with E-state index in [0.717, 1.165) is 11.1 Å². The van der Waals surface area contributed by atoms with Crippen LogP contribution in [0.3, 0.4) is 0 Å². The van der Waals surface area contributed by atoms with Gasteiger partial charge in [0.1, 0.15) is 17.3 Å². The summed E-state index contributed by atoms with van der Waals surface area (Å²) in [6, 6.07) is 14.6. The number of hydrogen-bond acceptors (Lipinski definition) is 7. The first-order valence-corrected chi connectivity index (χ1v) is 9.82. The minimum absolute atomic E-state index is 0.0612. The van der Waals surface area contributed by atoms with E-state index in [-0.39, 0.29) is 18.4 Å². The molecule has 0 unspecified atom stereocenters. The Morgan fingerprint density at radius 3 is 2.77 bits per heavy atom. The third-order valence-corrected chi connectivity index (χ3v) is 4.82. The molecule has 2 aromatic carbocycles. The molecule has 2 heterocycles. The molecule has 1 aliphatic rings. The lowest BCUT2D eigenvalue weighted by molar-refractivity contribution is -0.118. The normalized spacial score (nSPS) is 11.8. The number of hydrogen-bond donors (Lipinski definition) is 3. The number of anilines is 1. The second kappa shape index (κ2) is 8.83. The number of benzene rings is 2. The van der Waals surface area contributed by atoms with Crippen molar-refractivity contribution >= 4 is 11.7 Å². The predicted octanol–water partition coefficient (Wildman–Crippen LogP) is 3.41.